The van der Waals surface area contributed by atoms with Crippen molar-refractivity contribution in [2.24, 2.45) is 35.0 Å². The van der Waals surface area contributed by atoms with Gasteiger partial charge in [0.1, 0.15) is 6.10 Å². The standard InChI is InChI=1S/C26H38O7/c1-15(2)11-18-7-8-19-24(26(18,5)21(28)9-10-27)17(4)14-20(25(19)31)33-23(30)13-16(3)12-22(29)32-6/h7-10,13,15,17-20,24-25,27,31H,11-12,14H2,1-6H3. The molecule has 0 aromatic rings. The van der Waals surface area contributed by atoms with Crippen molar-refractivity contribution in [2.75, 3.05) is 7.11 Å². The van der Waals surface area contributed by atoms with Crippen LogP contribution in [0.3, 0.4) is 0 Å². The predicted octanol–water partition coefficient (Wildman–Crippen LogP) is 3.92. The summed E-state index contributed by atoms with van der Waals surface area (Å²) in [6.45, 7) is 9.80. The zero-order chi connectivity index (χ0) is 24.9. The number of ether oxygens (including phenoxy) is 2. The second-order valence-electron chi connectivity index (χ2n) is 10.1. The van der Waals surface area contributed by atoms with Crippen molar-refractivity contribution in [3.05, 3.63) is 36.1 Å². The van der Waals surface area contributed by atoms with Crippen molar-refractivity contribution < 1.29 is 34.1 Å². The number of aliphatic hydroxyl groups is 2. The molecule has 0 heterocycles. The van der Waals surface area contributed by atoms with Crippen molar-refractivity contribution in [3.8, 4) is 0 Å². The summed E-state index contributed by atoms with van der Waals surface area (Å²) in [5, 5.41) is 20.4. The number of rotatable bonds is 8. The number of fused-ring (bicyclic) bond motifs is 1. The smallest absolute Gasteiger partial charge is 0.331 e. The van der Waals surface area contributed by atoms with E-state index < -0.39 is 29.6 Å². The quantitative estimate of drug-likeness (QED) is 0.243. The van der Waals surface area contributed by atoms with E-state index in [0.717, 1.165) is 12.7 Å². The van der Waals surface area contributed by atoms with Crippen LogP contribution < -0.4 is 0 Å². The zero-order valence-electron chi connectivity index (χ0n) is 20.5. The molecule has 0 amide bonds. The SMILES string of the molecule is COC(=O)CC(C)=CC(=O)OC1CC(C)C2C(C=CC(CC(C)C)C2(C)C(=O)C=CO)C1O. The molecule has 7 unspecified atom stereocenters. The Morgan fingerprint density at radius 1 is 1.24 bits per heavy atom. The molecule has 184 valence electrons. The summed E-state index contributed by atoms with van der Waals surface area (Å²) in [5.74, 6) is -1.44. The first-order valence-electron chi connectivity index (χ1n) is 11.6. The number of aliphatic hydroxyl groups excluding tert-OH is 2. The second kappa shape index (κ2) is 11.1. The molecule has 2 N–H and O–H groups in total. The lowest BCUT2D eigenvalue weighted by Crippen LogP contribution is -2.57. The number of allylic oxidation sites excluding steroid dienone is 2. The van der Waals surface area contributed by atoms with E-state index in [1.807, 2.05) is 26.0 Å². The highest BCUT2D eigenvalue weighted by atomic mass is 16.6. The average Bonchev–Trinajstić information content (AvgIpc) is 2.72. The molecule has 2 rings (SSSR count). The molecule has 1 fully saturated rings. The topological polar surface area (TPSA) is 110 Å². The summed E-state index contributed by atoms with van der Waals surface area (Å²) in [4.78, 5) is 37.0. The molecule has 0 spiro atoms. The van der Waals surface area contributed by atoms with Gasteiger partial charge in [-0.15, -0.1) is 0 Å². The molecule has 0 aromatic heterocycles. The Morgan fingerprint density at radius 2 is 1.91 bits per heavy atom. The maximum atomic E-state index is 13.2. The minimum atomic E-state index is -0.967. The number of carbonyl (C=O) groups excluding carboxylic acids is 3. The molecule has 0 bridgehead atoms. The Labute approximate surface area is 196 Å². The molecule has 33 heavy (non-hydrogen) atoms. The molecule has 2 aliphatic carbocycles. The molecule has 7 heteroatoms. The van der Waals surface area contributed by atoms with Gasteiger partial charge in [0, 0.05) is 23.5 Å². The fourth-order valence-electron chi connectivity index (χ4n) is 5.70. The summed E-state index contributed by atoms with van der Waals surface area (Å²) >= 11 is 0. The highest BCUT2D eigenvalue weighted by Gasteiger charge is 2.57. The molecule has 1 saturated carbocycles. The monoisotopic (exact) mass is 462 g/mol. The molecule has 0 aromatic carbocycles. The number of esters is 2. The van der Waals surface area contributed by atoms with Crippen LogP contribution in [0.1, 0.15) is 53.9 Å². The van der Waals surface area contributed by atoms with Gasteiger partial charge in [-0.05, 0) is 43.4 Å². The number of hydrogen-bond acceptors (Lipinski definition) is 7. The van der Waals surface area contributed by atoms with Gasteiger partial charge in [-0.3, -0.25) is 9.59 Å². The van der Waals surface area contributed by atoms with E-state index in [1.54, 1.807) is 6.92 Å². The third-order valence-corrected chi connectivity index (χ3v) is 7.20. The summed E-state index contributed by atoms with van der Waals surface area (Å²) in [7, 11) is 1.28. The lowest BCUT2D eigenvalue weighted by molar-refractivity contribution is -0.169. The molecule has 0 radical (unpaired) electrons. The van der Waals surface area contributed by atoms with E-state index in [4.69, 9.17) is 4.74 Å². The van der Waals surface area contributed by atoms with Crippen LogP contribution in [-0.2, 0) is 23.9 Å². The normalized spacial score (nSPS) is 34.2. The summed E-state index contributed by atoms with van der Waals surface area (Å²) in [6.07, 6.45) is 6.72. The van der Waals surface area contributed by atoms with Crippen LogP contribution in [0, 0.1) is 35.0 Å². The summed E-state index contributed by atoms with van der Waals surface area (Å²) < 4.78 is 10.2. The van der Waals surface area contributed by atoms with Crippen LogP contribution >= 0.6 is 0 Å². The van der Waals surface area contributed by atoms with Crippen molar-refractivity contribution >= 4 is 17.7 Å². The summed E-state index contributed by atoms with van der Waals surface area (Å²) in [5.41, 5.74) is -0.291. The Hall–Kier alpha value is -2.41. The molecule has 7 atom stereocenters. The predicted molar refractivity (Wildman–Crippen MR) is 124 cm³/mol. The van der Waals surface area contributed by atoms with Gasteiger partial charge in [-0.1, -0.05) is 45.4 Å². The van der Waals surface area contributed by atoms with Crippen molar-refractivity contribution in [1.82, 2.24) is 0 Å². The highest BCUT2D eigenvalue weighted by Crippen LogP contribution is 2.55. The summed E-state index contributed by atoms with van der Waals surface area (Å²) in [6, 6.07) is 0. The Kier molecular flexibility index (Phi) is 9.06. The molecular formula is C26H38O7. The van der Waals surface area contributed by atoms with E-state index in [1.165, 1.54) is 19.3 Å². The maximum absolute atomic E-state index is 13.2. The minimum absolute atomic E-state index is 0.0151. The molecule has 7 nitrogen and oxygen atoms in total. The minimum Gasteiger partial charge on any atom is -0.515 e. The van der Waals surface area contributed by atoms with Crippen LogP contribution in [0.5, 0.6) is 0 Å². The van der Waals surface area contributed by atoms with Gasteiger partial charge >= 0.3 is 11.9 Å². The first-order valence-corrected chi connectivity index (χ1v) is 11.6. The number of methoxy groups -OCH3 is 1. The van der Waals surface area contributed by atoms with Crippen LogP contribution in [0.2, 0.25) is 0 Å². The van der Waals surface area contributed by atoms with Crippen LogP contribution in [0.25, 0.3) is 0 Å². The number of ketones is 1. The lowest BCUT2D eigenvalue weighted by Gasteiger charge is -2.54. The Morgan fingerprint density at radius 3 is 2.48 bits per heavy atom. The maximum Gasteiger partial charge on any atom is 0.331 e. The highest BCUT2D eigenvalue weighted by molar-refractivity contribution is 5.95. The van der Waals surface area contributed by atoms with E-state index in [9.17, 15) is 24.6 Å². The van der Waals surface area contributed by atoms with Crippen LogP contribution in [0.15, 0.2) is 36.1 Å². The van der Waals surface area contributed by atoms with Crippen molar-refractivity contribution in [1.29, 1.82) is 0 Å². The second-order valence-corrected chi connectivity index (χ2v) is 10.1. The Bertz CT molecular complexity index is 824. The Balaban J connectivity index is 2.29. The molecule has 0 saturated heterocycles. The van der Waals surface area contributed by atoms with Gasteiger partial charge in [-0.2, -0.15) is 0 Å². The third-order valence-electron chi connectivity index (χ3n) is 7.20. The average molecular weight is 463 g/mol. The van der Waals surface area contributed by atoms with Crippen LogP contribution in [0.4, 0.5) is 0 Å². The number of hydrogen-bond donors (Lipinski definition) is 2. The van der Waals surface area contributed by atoms with E-state index in [0.29, 0.717) is 17.9 Å². The molecule has 0 aliphatic heterocycles. The van der Waals surface area contributed by atoms with Gasteiger partial charge in [0.15, 0.2) is 5.78 Å². The van der Waals surface area contributed by atoms with E-state index in [-0.39, 0.29) is 35.9 Å². The zero-order valence-corrected chi connectivity index (χ0v) is 20.5. The third kappa shape index (κ3) is 5.94. The lowest BCUT2D eigenvalue weighted by atomic mass is 9.50. The fraction of sp³-hybridized carbons (Fsp3) is 0.654. The van der Waals surface area contributed by atoms with Crippen molar-refractivity contribution in [2.45, 2.75) is 66.1 Å². The van der Waals surface area contributed by atoms with Crippen LogP contribution in [-0.4, -0.2) is 47.3 Å². The first kappa shape index (κ1) is 26.8. The fourth-order valence-corrected chi connectivity index (χ4v) is 5.70. The largest absolute Gasteiger partial charge is 0.515 e. The number of carbonyl (C=O) groups is 3. The van der Waals surface area contributed by atoms with E-state index >= 15 is 0 Å². The van der Waals surface area contributed by atoms with Gasteiger partial charge in [0.05, 0.1) is 25.9 Å². The molecule has 2 aliphatic rings. The molecular weight excluding hydrogens is 424 g/mol. The van der Waals surface area contributed by atoms with Gasteiger partial charge in [0.25, 0.3) is 0 Å². The van der Waals surface area contributed by atoms with Crippen molar-refractivity contribution in [3.63, 3.8) is 0 Å². The van der Waals surface area contributed by atoms with Gasteiger partial charge in [0.2, 0.25) is 0 Å². The first-order chi connectivity index (χ1) is 15.4. The van der Waals surface area contributed by atoms with E-state index in [2.05, 4.69) is 18.6 Å². The van der Waals surface area contributed by atoms with Gasteiger partial charge < -0.3 is 19.7 Å². The van der Waals surface area contributed by atoms with Gasteiger partial charge in [-0.25, -0.2) is 4.79 Å².